The zero-order chi connectivity index (χ0) is 12.4. The Hall–Kier alpha value is -1.84. The maximum absolute atomic E-state index is 11.2. The lowest BCUT2D eigenvalue weighted by molar-refractivity contribution is -0.138. The first-order valence-corrected chi connectivity index (χ1v) is 5.65. The van der Waals surface area contributed by atoms with Gasteiger partial charge in [-0.2, -0.15) is 0 Å². The number of aliphatic carboxylic acids is 1. The van der Waals surface area contributed by atoms with Crippen LogP contribution >= 0.6 is 0 Å². The largest absolute Gasteiger partial charge is 0.481 e. The fourth-order valence-corrected chi connectivity index (χ4v) is 1.87. The van der Waals surface area contributed by atoms with Crippen LogP contribution in [-0.2, 0) is 4.79 Å². The van der Waals surface area contributed by atoms with Gasteiger partial charge < -0.3 is 10.4 Å². The number of Topliss-reactive ketones (excluding diaryl/α,β-unsaturated/α-hetero) is 1. The highest BCUT2D eigenvalue weighted by molar-refractivity contribution is 5.94. The highest BCUT2D eigenvalue weighted by Crippen LogP contribution is 2.38. The molecule has 0 bridgehead atoms. The average Bonchev–Trinajstić information content (AvgIpc) is 3.06. The van der Waals surface area contributed by atoms with Crippen LogP contribution in [0.1, 0.15) is 23.7 Å². The molecule has 1 aromatic rings. The molecule has 0 aromatic heterocycles. The van der Waals surface area contributed by atoms with Crippen LogP contribution in [0.3, 0.4) is 0 Å². The van der Waals surface area contributed by atoms with Crippen molar-refractivity contribution in [2.75, 3.05) is 11.9 Å². The third-order valence-corrected chi connectivity index (χ3v) is 3.08. The molecule has 1 aliphatic carbocycles. The van der Waals surface area contributed by atoms with Gasteiger partial charge in [0.05, 0.1) is 5.92 Å². The number of carboxylic acid groups (broad SMARTS) is 1. The van der Waals surface area contributed by atoms with E-state index in [2.05, 4.69) is 5.32 Å². The number of carbonyl (C=O) groups is 2. The molecule has 0 amide bonds. The van der Waals surface area contributed by atoms with E-state index in [1.807, 2.05) is 12.1 Å². The van der Waals surface area contributed by atoms with E-state index in [0.717, 1.165) is 12.1 Å². The maximum Gasteiger partial charge on any atom is 0.306 e. The topological polar surface area (TPSA) is 66.4 Å². The predicted octanol–water partition coefficient (Wildman–Crippen LogP) is 2.02. The van der Waals surface area contributed by atoms with Gasteiger partial charge in [0.25, 0.3) is 0 Å². The van der Waals surface area contributed by atoms with Crippen molar-refractivity contribution >= 4 is 17.4 Å². The SMILES string of the molecule is CC(=O)c1cccc(NCC2CC2C(=O)O)c1. The molecular weight excluding hydrogens is 218 g/mol. The highest BCUT2D eigenvalue weighted by atomic mass is 16.4. The van der Waals surface area contributed by atoms with Crippen LogP contribution in [0, 0.1) is 11.8 Å². The van der Waals surface area contributed by atoms with Gasteiger partial charge in [0, 0.05) is 17.8 Å². The molecule has 1 saturated carbocycles. The van der Waals surface area contributed by atoms with E-state index >= 15 is 0 Å². The monoisotopic (exact) mass is 233 g/mol. The summed E-state index contributed by atoms with van der Waals surface area (Å²) >= 11 is 0. The molecule has 0 radical (unpaired) electrons. The Morgan fingerprint density at radius 2 is 2.24 bits per heavy atom. The molecule has 1 aliphatic rings. The maximum atomic E-state index is 11.2. The third kappa shape index (κ3) is 2.84. The van der Waals surface area contributed by atoms with E-state index in [9.17, 15) is 9.59 Å². The van der Waals surface area contributed by atoms with Gasteiger partial charge in [0.2, 0.25) is 0 Å². The number of hydrogen-bond acceptors (Lipinski definition) is 3. The smallest absolute Gasteiger partial charge is 0.306 e. The Bertz CT molecular complexity index is 456. The molecule has 0 saturated heterocycles. The zero-order valence-corrected chi connectivity index (χ0v) is 9.64. The summed E-state index contributed by atoms with van der Waals surface area (Å²) in [5, 5.41) is 11.9. The molecule has 17 heavy (non-hydrogen) atoms. The van der Waals surface area contributed by atoms with Crippen LogP contribution in [0.15, 0.2) is 24.3 Å². The summed E-state index contributed by atoms with van der Waals surface area (Å²) in [4.78, 5) is 21.8. The Morgan fingerprint density at radius 1 is 1.47 bits per heavy atom. The van der Waals surface area contributed by atoms with Gasteiger partial charge in [-0.1, -0.05) is 12.1 Å². The van der Waals surface area contributed by atoms with Crippen LogP contribution in [0.5, 0.6) is 0 Å². The molecule has 4 nitrogen and oxygen atoms in total. The standard InChI is InChI=1S/C13H15NO3/c1-8(15)9-3-2-4-11(5-9)14-7-10-6-12(10)13(16)17/h2-5,10,12,14H,6-7H2,1H3,(H,16,17). The van der Waals surface area contributed by atoms with E-state index < -0.39 is 5.97 Å². The second kappa shape index (κ2) is 4.57. The van der Waals surface area contributed by atoms with Gasteiger partial charge in [0.1, 0.15) is 0 Å². The van der Waals surface area contributed by atoms with E-state index in [0.29, 0.717) is 12.1 Å². The fraction of sp³-hybridized carbons (Fsp3) is 0.385. The Morgan fingerprint density at radius 3 is 2.82 bits per heavy atom. The molecule has 1 aromatic carbocycles. The summed E-state index contributed by atoms with van der Waals surface area (Å²) in [5.74, 6) is -0.662. The number of ketones is 1. The van der Waals surface area contributed by atoms with E-state index in [1.165, 1.54) is 6.92 Å². The second-order valence-corrected chi connectivity index (χ2v) is 4.46. The summed E-state index contributed by atoms with van der Waals surface area (Å²) in [7, 11) is 0. The molecule has 0 aliphatic heterocycles. The number of nitrogens with one attached hydrogen (secondary N) is 1. The fourth-order valence-electron chi connectivity index (χ4n) is 1.87. The minimum atomic E-state index is -0.714. The molecule has 4 heteroatoms. The van der Waals surface area contributed by atoms with Gasteiger partial charge in [-0.3, -0.25) is 9.59 Å². The van der Waals surface area contributed by atoms with Crippen molar-refractivity contribution in [3.8, 4) is 0 Å². The van der Waals surface area contributed by atoms with Crippen LogP contribution < -0.4 is 5.32 Å². The highest BCUT2D eigenvalue weighted by Gasteiger charge is 2.42. The molecule has 2 N–H and O–H groups in total. The molecule has 2 unspecified atom stereocenters. The van der Waals surface area contributed by atoms with Crippen molar-refractivity contribution < 1.29 is 14.7 Å². The van der Waals surface area contributed by atoms with Crippen LogP contribution in [0.25, 0.3) is 0 Å². The summed E-state index contributed by atoms with van der Waals surface area (Å²) in [6, 6.07) is 7.26. The normalized spacial score (nSPS) is 21.9. The second-order valence-electron chi connectivity index (χ2n) is 4.46. The van der Waals surface area contributed by atoms with Gasteiger partial charge in [-0.05, 0) is 31.4 Å². The number of anilines is 1. The van der Waals surface area contributed by atoms with Gasteiger partial charge in [0.15, 0.2) is 5.78 Å². The van der Waals surface area contributed by atoms with E-state index in [-0.39, 0.29) is 17.6 Å². The first-order valence-electron chi connectivity index (χ1n) is 5.65. The first-order chi connectivity index (χ1) is 8.08. The first kappa shape index (κ1) is 11.6. The molecule has 2 rings (SSSR count). The van der Waals surface area contributed by atoms with Crippen molar-refractivity contribution in [2.45, 2.75) is 13.3 Å². The van der Waals surface area contributed by atoms with Crippen LogP contribution in [0.4, 0.5) is 5.69 Å². The Kier molecular flexibility index (Phi) is 3.13. The summed E-state index contributed by atoms with van der Waals surface area (Å²) in [6.45, 7) is 2.18. The minimum absolute atomic E-state index is 0.0310. The van der Waals surface area contributed by atoms with E-state index in [4.69, 9.17) is 5.11 Å². The lowest BCUT2D eigenvalue weighted by Crippen LogP contribution is -2.08. The van der Waals surface area contributed by atoms with Gasteiger partial charge >= 0.3 is 5.97 Å². The summed E-state index contributed by atoms with van der Waals surface area (Å²) in [6.07, 6.45) is 0.745. The molecule has 2 atom stereocenters. The van der Waals surface area contributed by atoms with Crippen LogP contribution in [0.2, 0.25) is 0 Å². The summed E-state index contributed by atoms with van der Waals surface area (Å²) < 4.78 is 0. The molecule has 0 heterocycles. The van der Waals surface area contributed by atoms with Crippen molar-refractivity contribution in [3.05, 3.63) is 29.8 Å². The van der Waals surface area contributed by atoms with Gasteiger partial charge in [-0.15, -0.1) is 0 Å². The van der Waals surface area contributed by atoms with Crippen molar-refractivity contribution in [1.82, 2.24) is 0 Å². The van der Waals surface area contributed by atoms with Crippen LogP contribution in [-0.4, -0.2) is 23.4 Å². The van der Waals surface area contributed by atoms with Crippen molar-refractivity contribution in [1.29, 1.82) is 0 Å². The lowest BCUT2D eigenvalue weighted by Gasteiger charge is -2.06. The van der Waals surface area contributed by atoms with Crippen molar-refractivity contribution in [2.24, 2.45) is 11.8 Å². The minimum Gasteiger partial charge on any atom is -0.481 e. The van der Waals surface area contributed by atoms with Gasteiger partial charge in [-0.25, -0.2) is 0 Å². The number of carbonyl (C=O) groups excluding carboxylic acids is 1. The predicted molar refractivity (Wildman–Crippen MR) is 64.2 cm³/mol. The van der Waals surface area contributed by atoms with Crippen molar-refractivity contribution in [3.63, 3.8) is 0 Å². The molecule has 1 fully saturated rings. The van der Waals surface area contributed by atoms with E-state index in [1.54, 1.807) is 12.1 Å². The third-order valence-electron chi connectivity index (χ3n) is 3.08. The quantitative estimate of drug-likeness (QED) is 0.763. The summed E-state index contributed by atoms with van der Waals surface area (Å²) in [5.41, 5.74) is 1.54. The zero-order valence-electron chi connectivity index (χ0n) is 9.64. The number of carboxylic acids is 1. The number of benzene rings is 1. The Balaban J connectivity index is 1.90. The lowest BCUT2D eigenvalue weighted by atomic mass is 10.1. The molecular formula is C13H15NO3. The number of hydrogen-bond donors (Lipinski definition) is 2. The Labute approximate surface area is 99.6 Å². The molecule has 90 valence electrons. The molecule has 0 spiro atoms. The average molecular weight is 233 g/mol. The number of rotatable bonds is 5.